The number of benzene rings is 2. The highest BCUT2D eigenvalue weighted by molar-refractivity contribution is 5.92. The summed E-state index contributed by atoms with van der Waals surface area (Å²) in [4.78, 5) is 36.0. The lowest BCUT2D eigenvalue weighted by Crippen LogP contribution is -2.23. The predicted molar refractivity (Wildman–Crippen MR) is 86.9 cm³/mol. The van der Waals surface area contributed by atoms with Crippen molar-refractivity contribution < 1.29 is 28.6 Å². The van der Waals surface area contributed by atoms with Crippen molar-refractivity contribution in [1.82, 2.24) is 0 Å². The van der Waals surface area contributed by atoms with E-state index >= 15 is 0 Å². The molecule has 1 heterocycles. The minimum atomic E-state index is -0.851. The molecule has 0 aliphatic carbocycles. The van der Waals surface area contributed by atoms with Crippen molar-refractivity contribution in [2.45, 2.75) is 18.6 Å². The van der Waals surface area contributed by atoms with E-state index < -0.39 is 30.1 Å². The molecule has 0 bridgehead atoms. The zero-order valence-electron chi connectivity index (χ0n) is 13.5. The Morgan fingerprint density at radius 2 is 1.68 bits per heavy atom. The largest absolute Gasteiger partial charge is 0.465 e. The number of ether oxygens (including phenoxy) is 3. The molecule has 0 aromatic heterocycles. The van der Waals surface area contributed by atoms with Crippen molar-refractivity contribution in [1.29, 1.82) is 0 Å². The first-order valence-corrected chi connectivity index (χ1v) is 7.73. The molecule has 6 nitrogen and oxygen atoms in total. The van der Waals surface area contributed by atoms with Crippen LogP contribution >= 0.6 is 0 Å². The van der Waals surface area contributed by atoms with Crippen molar-refractivity contribution in [3.8, 4) is 0 Å². The van der Waals surface area contributed by atoms with Gasteiger partial charge in [0.25, 0.3) is 0 Å². The second kappa shape index (κ2) is 7.17. The molecule has 1 saturated heterocycles. The minimum absolute atomic E-state index is 0.0707. The van der Waals surface area contributed by atoms with Gasteiger partial charge >= 0.3 is 17.9 Å². The lowest BCUT2D eigenvalue weighted by Gasteiger charge is -2.20. The van der Waals surface area contributed by atoms with E-state index in [9.17, 15) is 14.4 Å². The van der Waals surface area contributed by atoms with Crippen molar-refractivity contribution in [2.75, 3.05) is 7.11 Å². The van der Waals surface area contributed by atoms with Gasteiger partial charge in [0.15, 0.2) is 12.2 Å². The Morgan fingerprint density at radius 1 is 1.00 bits per heavy atom. The third-order valence-corrected chi connectivity index (χ3v) is 3.90. The zero-order valence-corrected chi connectivity index (χ0v) is 13.5. The third-order valence-electron chi connectivity index (χ3n) is 3.90. The Balaban J connectivity index is 1.87. The number of esters is 3. The summed E-state index contributed by atoms with van der Waals surface area (Å²) in [7, 11) is 1.27. The Bertz CT molecular complexity index is 799. The maximum absolute atomic E-state index is 12.3. The van der Waals surface area contributed by atoms with Crippen LogP contribution < -0.4 is 0 Å². The summed E-state index contributed by atoms with van der Waals surface area (Å²) in [6.07, 6.45) is -1.74. The van der Waals surface area contributed by atoms with Gasteiger partial charge in [0.2, 0.25) is 0 Å². The molecule has 6 heteroatoms. The van der Waals surface area contributed by atoms with Gasteiger partial charge in [-0.2, -0.15) is 0 Å². The van der Waals surface area contributed by atoms with Gasteiger partial charge in [0.05, 0.1) is 24.7 Å². The molecular formula is C19H16O6. The van der Waals surface area contributed by atoms with Crippen molar-refractivity contribution in [3.05, 3.63) is 71.3 Å². The summed E-state index contributed by atoms with van der Waals surface area (Å²) in [5, 5.41) is 0. The molecule has 1 aliphatic rings. The summed E-state index contributed by atoms with van der Waals surface area (Å²) < 4.78 is 15.5. The van der Waals surface area contributed by atoms with Gasteiger partial charge in [0.1, 0.15) is 0 Å². The maximum Gasteiger partial charge on any atom is 0.338 e. The zero-order chi connectivity index (χ0) is 17.8. The van der Waals surface area contributed by atoms with E-state index in [1.807, 2.05) is 0 Å². The van der Waals surface area contributed by atoms with Gasteiger partial charge in [-0.25, -0.2) is 9.59 Å². The SMILES string of the molecule is COC(=O)c1ccccc1[C@H]1OC(=O)C[C@@H]1OC(=O)c1ccccc1. The quantitative estimate of drug-likeness (QED) is 0.629. The summed E-state index contributed by atoms with van der Waals surface area (Å²) >= 11 is 0. The number of rotatable bonds is 4. The van der Waals surface area contributed by atoms with Crippen LogP contribution in [0.5, 0.6) is 0 Å². The number of carbonyl (C=O) groups excluding carboxylic acids is 3. The first-order chi connectivity index (χ1) is 12.1. The number of hydrogen-bond donors (Lipinski definition) is 0. The van der Waals surface area contributed by atoms with Crippen LogP contribution in [0.25, 0.3) is 0 Å². The molecule has 1 aliphatic heterocycles. The third kappa shape index (κ3) is 3.52. The topological polar surface area (TPSA) is 78.9 Å². The predicted octanol–water partition coefficient (Wildman–Crippen LogP) is 2.69. The lowest BCUT2D eigenvalue weighted by molar-refractivity contribution is -0.142. The maximum atomic E-state index is 12.3. The molecule has 0 N–H and O–H groups in total. The van der Waals surface area contributed by atoms with E-state index in [4.69, 9.17) is 14.2 Å². The average molecular weight is 340 g/mol. The van der Waals surface area contributed by atoms with Crippen LogP contribution in [0.2, 0.25) is 0 Å². The molecular weight excluding hydrogens is 324 g/mol. The van der Waals surface area contributed by atoms with Crippen LogP contribution in [0.3, 0.4) is 0 Å². The van der Waals surface area contributed by atoms with Gasteiger partial charge in [-0.05, 0) is 18.2 Å². The highest BCUT2D eigenvalue weighted by Crippen LogP contribution is 2.34. The highest BCUT2D eigenvalue weighted by Gasteiger charge is 2.40. The van der Waals surface area contributed by atoms with E-state index in [1.54, 1.807) is 54.6 Å². The Hall–Kier alpha value is -3.15. The Morgan fingerprint density at radius 3 is 2.40 bits per heavy atom. The molecule has 1 fully saturated rings. The summed E-state index contributed by atoms with van der Waals surface area (Å²) in [6.45, 7) is 0. The molecule has 128 valence electrons. The van der Waals surface area contributed by atoms with Gasteiger partial charge < -0.3 is 14.2 Å². The molecule has 2 aromatic rings. The fraction of sp³-hybridized carbons (Fsp3) is 0.211. The molecule has 0 unspecified atom stereocenters. The molecule has 0 saturated carbocycles. The van der Waals surface area contributed by atoms with E-state index in [2.05, 4.69) is 0 Å². The van der Waals surface area contributed by atoms with Crippen LogP contribution in [-0.4, -0.2) is 31.1 Å². The lowest BCUT2D eigenvalue weighted by atomic mass is 9.98. The smallest absolute Gasteiger partial charge is 0.338 e. The number of methoxy groups -OCH3 is 1. The van der Waals surface area contributed by atoms with E-state index in [1.165, 1.54) is 7.11 Å². The fourth-order valence-electron chi connectivity index (χ4n) is 2.72. The minimum Gasteiger partial charge on any atom is -0.465 e. The summed E-state index contributed by atoms with van der Waals surface area (Å²) in [6, 6.07) is 15.1. The van der Waals surface area contributed by atoms with E-state index in [-0.39, 0.29) is 12.0 Å². The first kappa shape index (κ1) is 16.7. The van der Waals surface area contributed by atoms with Crippen LogP contribution in [-0.2, 0) is 19.0 Å². The van der Waals surface area contributed by atoms with E-state index in [0.717, 1.165) is 0 Å². The molecule has 0 spiro atoms. The van der Waals surface area contributed by atoms with Crippen molar-refractivity contribution in [2.24, 2.45) is 0 Å². The second-order valence-electron chi connectivity index (χ2n) is 5.50. The van der Waals surface area contributed by atoms with Crippen LogP contribution in [0.15, 0.2) is 54.6 Å². The van der Waals surface area contributed by atoms with Gasteiger partial charge in [-0.1, -0.05) is 36.4 Å². The van der Waals surface area contributed by atoms with E-state index in [0.29, 0.717) is 11.1 Å². The number of hydrogen-bond acceptors (Lipinski definition) is 6. The van der Waals surface area contributed by atoms with Crippen molar-refractivity contribution in [3.63, 3.8) is 0 Å². The first-order valence-electron chi connectivity index (χ1n) is 7.73. The highest BCUT2D eigenvalue weighted by atomic mass is 16.6. The monoisotopic (exact) mass is 340 g/mol. The molecule has 0 amide bonds. The average Bonchev–Trinajstić information content (AvgIpc) is 3.01. The van der Waals surface area contributed by atoms with Gasteiger partial charge in [0, 0.05) is 5.56 Å². The van der Waals surface area contributed by atoms with Crippen LogP contribution in [0.1, 0.15) is 38.8 Å². The molecule has 2 atom stereocenters. The van der Waals surface area contributed by atoms with Gasteiger partial charge in [-0.15, -0.1) is 0 Å². The standard InChI is InChI=1S/C19H16O6/c1-23-19(22)14-10-6-5-9-13(14)17-15(11-16(20)25-17)24-18(21)12-7-3-2-4-8-12/h2-10,15,17H,11H2,1H3/t15-,17+/m0/s1. The normalized spacial score (nSPS) is 19.2. The molecule has 2 aromatic carbocycles. The van der Waals surface area contributed by atoms with Gasteiger partial charge in [-0.3, -0.25) is 4.79 Å². The number of cyclic esters (lactones) is 1. The van der Waals surface area contributed by atoms with Crippen LogP contribution in [0.4, 0.5) is 0 Å². The van der Waals surface area contributed by atoms with Crippen LogP contribution in [0, 0.1) is 0 Å². The number of carbonyl (C=O) groups is 3. The Labute approximate surface area is 144 Å². The summed E-state index contributed by atoms with van der Waals surface area (Å²) in [5.74, 6) is -1.59. The summed E-state index contributed by atoms with van der Waals surface area (Å²) in [5.41, 5.74) is 1.10. The second-order valence-corrected chi connectivity index (χ2v) is 5.50. The molecule has 0 radical (unpaired) electrons. The molecule has 3 rings (SSSR count). The molecule has 25 heavy (non-hydrogen) atoms. The fourth-order valence-corrected chi connectivity index (χ4v) is 2.72. The van der Waals surface area contributed by atoms with Crippen molar-refractivity contribution >= 4 is 17.9 Å². The Kier molecular flexibility index (Phi) is 4.79.